The lowest BCUT2D eigenvalue weighted by atomic mass is 10.1. The maximum atomic E-state index is 12.2. The molecule has 2 aromatic carbocycles. The summed E-state index contributed by atoms with van der Waals surface area (Å²) in [6.45, 7) is 4.80. The summed E-state index contributed by atoms with van der Waals surface area (Å²) in [5.74, 6) is 1.02. The first-order chi connectivity index (χ1) is 11.5. The molecule has 0 fully saturated rings. The minimum atomic E-state index is -0.0973. The highest BCUT2D eigenvalue weighted by molar-refractivity contribution is 6.03. The largest absolute Gasteiger partial charge is 0.491 e. The Morgan fingerprint density at radius 2 is 1.92 bits per heavy atom. The van der Waals surface area contributed by atoms with E-state index < -0.39 is 0 Å². The molecule has 0 spiro atoms. The quantitative estimate of drug-likeness (QED) is 0.646. The van der Waals surface area contributed by atoms with E-state index >= 15 is 0 Å². The number of amides is 1. The number of carbonyl (C=O) groups excluding carboxylic acids is 1. The van der Waals surface area contributed by atoms with Gasteiger partial charge in [-0.3, -0.25) is 4.79 Å². The highest BCUT2D eigenvalue weighted by Gasteiger charge is 2.07. The lowest BCUT2D eigenvalue weighted by Gasteiger charge is -2.15. The fourth-order valence-electron chi connectivity index (χ4n) is 2.12. The summed E-state index contributed by atoms with van der Waals surface area (Å²) in [5, 5.41) is 0. The zero-order chi connectivity index (χ0) is 17.5. The van der Waals surface area contributed by atoms with Gasteiger partial charge in [-0.1, -0.05) is 38.1 Å². The molecule has 2 aromatic rings. The van der Waals surface area contributed by atoms with E-state index in [9.17, 15) is 4.79 Å². The summed E-state index contributed by atoms with van der Waals surface area (Å²) in [4.78, 5) is 13.8. The summed E-state index contributed by atoms with van der Waals surface area (Å²) < 4.78 is 5.65. The third kappa shape index (κ3) is 4.88. The second kappa shape index (κ2) is 8.20. The Balaban J connectivity index is 2.03. The van der Waals surface area contributed by atoms with E-state index in [0.29, 0.717) is 24.0 Å². The van der Waals surface area contributed by atoms with E-state index in [0.717, 1.165) is 11.3 Å². The number of nitrogen functional groups attached to an aromatic ring is 1. The molecule has 0 bridgehead atoms. The maximum absolute atomic E-state index is 12.2. The Bertz CT molecular complexity index is 709. The molecular formula is C20H24N2O2. The van der Waals surface area contributed by atoms with Gasteiger partial charge >= 0.3 is 0 Å². The van der Waals surface area contributed by atoms with Crippen LogP contribution in [0, 0.1) is 5.92 Å². The molecule has 0 saturated heterocycles. The monoisotopic (exact) mass is 324 g/mol. The van der Waals surface area contributed by atoms with E-state index in [-0.39, 0.29) is 5.91 Å². The van der Waals surface area contributed by atoms with Crippen LogP contribution >= 0.6 is 0 Å². The van der Waals surface area contributed by atoms with Crippen LogP contribution in [0.1, 0.15) is 19.4 Å². The van der Waals surface area contributed by atoms with Crippen molar-refractivity contribution in [3.05, 3.63) is 60.2 Å². The molecule has 0 radical (unpaired) electrons. The molecule has 0 aromatic heterocycles. The molecule has 2 rings (SSSR count). The lowest BCUT2D eigenvalue weighted by Crippen LogP contribution is -2.23. The van der Waals surface area contributed by atoms with Gasteiger partial charge in [-0.05, 0) is 41.8 Å². The topological polar surface area (TPSA) is 55.6 Å². The van der Waals surface area contributed by atoms with Crippen LogP contribution in [0.5, 0.6) is 5.75 Å². The number of likely N-dealkylation sites (N-methyl/N-ethyl adjacent to an activating group) is 1. The molecule has 0 aliphatic rings. The number of hydrogen-bond acceptors (Lipinski definition) is 3. The second-order valence-corrected chi connectivity index (χ2v) is 6.07. The van der Waals surface area contributed by atoms with Crippen LogP contribution in [0.4, 0.5) is 11.4 Å². The van der Waals surface area contributed by atoms with Gasteiger partial charge in [0.05, 0.1) is 12.3 Å². The molecule has 0 unspecified atom stereocenters. The van der Waals surface area contributed by atoms with Crippen LogP contribution in [-0.2, 0) is 4.79 Å². The maximum Gasteiger partial charge on any atom is 0.250 e. The van der Waals surface area contributed by atoms with Gasteiger partial charge in [-0.15, -0.1) is 0 Å². The molecule has 1 amide bonds. The van der Waals surface area contributed by atoms with Crippen LogP contribution in [0.15, 0.2) is 54.6 Å². The average molecular weight is 324 g/mol. The Morgan fingerprint density at radius 3 is 2.54 bits per heavy atom. The van der Waals surface area contributed by atoms with Crippen molar-refractivity contribution in [2.75, 3.05) is 24.3 Å². The van der Waals surface area contributed by atoms with Gasteiger partial charge in [-0.25, -0.2) is 0 Å². The number of hydrogen-bond donors (Lipinski definition) is 1. The van der Waals surface area contributed by atoms with Gasteiger partial charge in [0, 0.05) is 18.8 Å². The Kier molecular flexibility index (Phi) is 6.01. The first kappa shape index (κ1) is 17.6. The van der Waals surface area contributed by atoms with Crippen LogP contribution in [0.3, 0.4) is 0 Å². The van der Waals surface area contributed by atoms with Crippen LogP contribution < -0.4 is 15.4 Å². The number of nitrogens with zero attached hydrogens (tertiary/aromatic N) is 1. The molecule has 4 heteroatoms. The standard InChI is InChI=1S/C20H24N2O2/c1-15(2)14-24-19-11-9-16(13-18(19)21)10-12-20(23)22(3)17-7-5-4-6-8-17/h4-13,15H,14,21H2,1-3H3/b12-10-. The predicted octanol–water partition coefficient (Wildman–Crippen LogP) is 3.98. The number of rotatable bonds is 6. The van der Waals surface area contributed by atoms with Gasteiger partial charge in [-0.2, -0.15) is 0 Å². The van der Waals surface area contributed by atoms with E-state index in [2.05, 4.69) is 13.8 Å². The molecule has 24 heavy (non-hydrogen) atoms. The fraction of sp³-hybridized carbons (Fsp3) is 0.250. The predicted molar refractivity (Wildman–Crippen MR) is 100 cm³/mol. The molecule has 126 valence electrons. The van der Waals surface area contributed by atoms with Crippen molar-refractivity contribution in [1.82, 2.24) is 0 Å². The van der Waals surface area contributed by atoms with Crippen LogP contribution in [-0.4, -0.2) is 19.6 Å². The van der Waals surface area contributed by atoms with Gasteiger partial charge in [0.15, 0.2) is 0 Å². The van der Waals surface area contributed by atoms with Crippen molar-refractivity contribution < 1.29 is 9.53 Å². The molecule has 0 atom stereocenters. The third-order valence-electron chi connectivity index (χ3n) is 3.50. The number of benzene rings is 2. The van der Waals surface area contributed by atoms with Crippen LogP contribution in [0.25, 0.3) is 6.08 Å². The van der Waals surface area contributed by atoms with E-state index in [1.165, 1.54) is 6.08 Å². The highest BCUT2D eigenvalue weighted by Crippen LogP contribution is 2.24. The average Bonchev–Trinajstić information content (AvgIpc) is 2.58. The minimum Gasteiger partial charge on any atom is -0.491 e. The smallest absolute Gasteiger partial charge is 0.250 e. The number of anilines is 2. The van der Waals surface area contributed by atoms with Crippen molar-refractivity contribution in [2.45, 2.75) is 13.8 Å². The molecule has 4 nitrogen and oxygen atoms in total. The van der Waals surface area contributed by atoms with Crippen LogP contribution in [0.2, 0.25) is 0 Å². The van der Waals surface area contributed by atoms with Crippen molar-refractivity contribution in [3.63, 3.8) is 0 Å². The summed E-state index contributed by atoms with van der Waals surface area (Å²) in [7, 11) is 1.75. The summed E-state index contributed by atoms with van der Waals surface area (Å²) in [5.41, 5.74) is 8.29. The van der Waals surface area contributed by atoms with Gasteiger partial charge < -0.3 is 15.4 Å². The molecule has 0 saturated carbocycles. The summed E-state index contributed by atoms with van der Waals surface area (Å²) in [6, 6.07) is 15.0. The molecule has 2 N–H and O–H groups in total. The Labute approximate surface area is 143 Å². The normalized spacial score (nSPS) is 11.0. The SMILES string of the molecule is CC(C)COc1ccc(/C=C\C(=O)N(C)c2ccccc2)cc1N. The third-order valence-corrected chi connectivity index (χ3v) is 3.50. The summed E-state index contributed by atoms with van der Waals surface area (Å²) in [6.07, 6.45) is 3.29. The van der Waals surface area contributed by atoms with Gasteiger partial charge in [0.2, 0.25) is 0 Å². The Hall–Kier alpha value is -2.75. The minimum absolute atomic E-state index is 0.0973. The molecule has 0 heterocycles. The number of nitrogens with two attached hydrogens (primary N) is 1. The number of ether oxygens (including phenoxy) is 1. The van der Waals surface area contributed by atoms with Crippen molar-refractivity contribution in [3.8, 4) is 5.75 Å². The van der Waals surface area contributed by atoms with Crippen molar-refractivity contribution in [1.29, 1.82) is 0 Å². The van der Waals surface area contributed by atoms with E-state index in [1.807, 2.05) is 48.5 Å². The number of carbonyl (C=O) groups is 1. The molecular weight excluding hydrogens is 300 g/mol. The van der Waals surface area contributed by atoms with Gasteiger partial charge in [0.25, 0.3) is 5.91 Å². The van der Waals surface area contributed by atoms with E-state index in [1.54, 1.807) is 18.0 Å². The number of para-hydroxylation sites is 1. The zero-order valence-corrected chi connectivity index (χ0v) is 14.4. The zero-order valence-electron chi connectivity index (χ0n) is 14.4. The summed E-state index contributed by atoms with van der Waals surface area (Å²) >= 11 is 0. The first-order valence-electron chi connectivity index (χ1n) is 8.00. The highest BCUT2D eigenvalue weighted by atomic mass is 16.5. The first-order valence-corrected chi connectivity index (χ1v) is 8.00. The second-order valence-electron chi connectivity index (χ2n) is 6.07. The fourth-order valence-corrected chi connectivity index (χ4v) is 2.12. The van der Waals surface area contributed by atoms with E-state index in [4.69, 9.17) is 10.5 Å². The van der Waals surface area contributed by atoms with Crippen molar-refractivity contribution >= 4 is 23.4 Å². The molecule has 0 aliphatic heterocycles. The molecule has 0 aliphatic carbocycles. The Morgan fingerprint density at radius 1 is 1.21 bits per heavy atom. The lowest BCUT2D eigenvalue weighted by molar-refractivity contribution is -0.113. The van der Waals surface area contributed by atoms with Gasteiger partial charge in [0.1, 0.15) is 5.75 Å². The van der Waals surface area contributed by atoms with Crippen molar-refractivity contribution in [2.24, 2.45) is 5.92 Å².